The molecule has 1 aromatic rings. The van der Waals surface area contributed by atoms with Crippen LogP contribution in [0.15, 0.2) is 18.2 Å². The van der Waals surface area contributed by atoms with Crippen molar-refractivity contribution in [1.82, 2.24) is 9.80 Å². The van der Waals surface area contributed by atoms with Gasteiger partial charge in [0.25, 0.3) is 0 Å². The number of carbonyl (C=O) groups is 2. The molecule has 2 amide bonds. The summed E-state index contributed by atoms with van der Waals surface area (Å²) in [6, 6.07) is 2.92. The predicted molar refractivity (Wildman–Crippen MR) is 78.3 cm³/mol. The highest BCUT2D eigenvalue weighted by atomic mass is 19.1. The van der Waals surface area contributed by atoms with Crippen molar-refractivity contribution in [2.75, 3.05) is 38.0 Å². The van der Waals surface area contributed by atoms with Crippen LogP contribution in [-0.2, 0) is 9.59 Å². The first-order valence-corrected chi connectivity index (χ1v) is 7.18. The molecule has 22 heavy (non-hydrogen) atoms. The molecule has 5 nitrogen and oxygen atoms in total. The average molecular weight is 311 g/mol. The Morgan fingerprint density at radius 3 is 2.68 bits per heavy atom. The van der Waals surface area contributed by atoms with Crippen LogP contribution in [0.4, 0.5) is 14.5 Å². The molecular weight excluding hydrogens is 292 g/mol. The van der Waals surface area contributed by atoms with Crippen molar-refractivity contribution in [1.29, 1.82) is 0 Å². The summed E-state index contributed by atoms with van der Waals surface area (Å²) in [4.78, 5) is 26.9. The molecule has 2 rings (SSSR count). The standard InChI is InChI=1S/C15H19F2N3O2/c1-11(21)20-6-2-5-19(7-8-20)10-15(22)18-14-9-12(16)3-4-13(14)17/h3-4,9H,2,5-8,10H2,1H3,(H,18,22). The molecule has 120 valence electrons. The third-order valence-electron chi connectivity index (χ3n) is 3.60. The summed E-state index contributed by atoms with van der Waals surface area (Å²) >= 11 is 0. The zero-order valence-corrected chi connectivity index (χ0v) is 12.4. The van der Waals surface area contributed by atoms with E-state index in [0.29, 0.717) is 26.2 Å². The van der Waals surface area contributed by atoms with Crippen molar-refractivity contribution in [2.24, 2.45) is 0 Å². The van der Waals surface area contributed by atoms with Gasteiger partial charge in [-0.15, -0.1) is 0 Å². The van der Waals surface area contributed by atoms with Crippen LogP contribution in [-0.4, -0.2) is 54.3 Å². The van der Waals surface area contributed by atoms with Crippen LogP contribution in [0.3, 0.4) is 0 Å². The molecule has 0 radical (unpaired) electrons. The minimum atomic E-state index is -0.673. The summed E-state index contributed by atoms with van der Waals surface area (Å²) < 4.78 is 26.5. The van der Waals surface area contributed by atoms with Gasteiger partial charge in [-0.3, -0.25) is 14.5 Å². The Kier molecular flexibility index (Phi) is 5.43. The summed E-state index contributed by atoms with van der Waals surface area (Å²) in [5, 5.41) is 2.38. The number of hydrogen-bond acceptors (Lipinski definition) is 3. The molecule has 0 saturated carbocycles. The first kappa shape index (κ1) is 16.4. The molecule has 1 saturated heterocycles. The fourth-order valence-corrected chi connectivity index (χ4v) is 2.43. The van der Waals surface area contributed by atoms with Crippen molar-refractivity contribution in [3.05, 3.63) is 29.8 Å². The number of carbonyl (C=O) groups excluding carboxylic acids is 2. The van der Waals surface area contributed by atoms with E-state index in [1.165, 1.54) is 6.92 Å². The molecule has 1 aliphatic heterocycles. The van der Waals surface area contributed by atoms with E-state index in [9.17, 15) is 18.4 Å². The molecule has 0 spiro atoms. The van der Waals surface area contributed by atoms with E-state index in [4.69, 9.17) is 0 Å². The number of benzene rings is 1. The Morgan fingerprint density at radius 1 is 1.18 bits per heavy atom. The zero-order valence-electron chi connectivity index (χ0n) is 12.4. The maximum Gasteiger partial charge on any atom is 0.238 e. The molecule has 0 aromatic heterocycles. The van der Waals surface area contributed by atoms with Gasteiger partial charge in [-0.2, -0.15) is 0 Å². The normalized spacial score (nSPS) is 16.2. The highest BCUT2D eigenvalue weighted by Gasteiger charge is 2.18. The van der Waals surface area contributed by atoms with Crippen molar-refractivity contribution >= 4 is 17.5 Å². The molecule has 1 heterocycles. The van der Waals surface area contributed by atoms with E-state index >= 15 is 0 Å². The molecule has 0 aliphatic carbocycles. The van der Waals surface area contributed by atoms with E-state index in [-0.39, 0.29) is 18.1 Å². The monoisotopic (exact) mass is 311 g/mol. The summed E-state index contributed by atoms with van der Waals surface area (Å²) in [5.74, 6) is -1.66. The summed E-state index contributed by atoms with van der Waals surface area (Å²) in [6.45, 7) is 4.11. The summed E-state index contributed by atoms with van der Waals surface area (Å²) in [6.07, 6.45) is 0.779. The van der Waals surface area contributed by atoms with Crippen molar-refractivity contribution < 1.29 is 18.4 Å². The zero-order chi connectivity index (χ0) is 16.1. The van der Waals surface area contributed by atoms with E-state index in [0.717, 1.165) is 24.6 Å². The Bertz CT molecular complexity index is 566. The van der Waals surface area contributed by atoms with Gasteiger partial charge in [-0.25, -0.2) is 8.78 Å². The van der Waals surface area contributed by atoms with E-state index in [1.807, 2.05) is 4.90 Å². The first-order chi connectivity index (χ1) is 10.5. The quantitative estimate of drug-likeness (QED) is 0.919. The van der Waals surface area contributed by atoms with E-state index in [1.54, 1.807) is 4.90 Å². The number of rotatable bonds is 3. The summed E-state index contributed by atoms with van der Waals surface area (Å²) in [7, 11) is 0. The van der Waals surface area contributed by atoms with Gasteiger partial charge in [0.15, 0.2) is 0 Å². The van der Waals surface area contributed by atoms with Gasteiger partial charge in [0.2, 0.25) is 11.8 Å². The maximum absolute atomic E-state index is 13.5. The summed E-state index contributed by atoms with van der Waals surface area (Å²) in [5.41, 5.74) is -0.162. The molecule has 1 aliphatic rings. The Hall–Kier alpha value is -2.02. The van der Waals surface area contributed by atoms with Gasteiger partial charge in [0.1, 0.15) is 11.6 Å². The molecule has 1 aromatic carbocycles. The number of nitrogens with one attached hydrogen (secondary N) is 1. The number of halogens is 2. The van der Waals surface area contributed by atoms with E-state index in [2.05, 4.69) is 5.32 Å². The van der Waals surface area contributed by atoms with Gasteiger partial charge in [0, 0.05) is 39.2 Å². The second-order valence-electron chi connectivity index (χ2n) is 5.31. The van der Waals surface area contributed by atoms with Gasteiger partial charge in [-0.1, -0.05) is 0 Å². The molecule has 1 N–H and O–H groups in total. The van der Waals surface area contributed by atoms with Gasteiger partial charge in [0.05, 0.1) is 12.2 Å². The lowest BCUT2D eigenvalue weighted by Crippen LogP contribution is -2.37. The third-order valence-corrected chi connectivity index (χ3v) is 3.60. The topological polar surface area (TPSA) is 52.7 Å². The molecule has 0 bridgehead atoms. The van der Waals surface area contributed by atoms with Crippen LogP contribution in [0.2, 0.25) is 0 Å². The molecule has 0 atom stereocenters. The van der Waals surface area contributed by atoms with Crippen molar-refractivity contribution in [3.8, 4) is 0 Å². The van der Waals surface area contributed by atoms with Crippen LogP contribution >= 0.6 is 0 Å². The van der Waals surface area contributed by atoms with E-state index < -0.39 is 17.5 Å². The van der Waals surface area contributed by atoms with Crippen molar-refractivity contribution in [3.63, 3.8) is 0 Å². The number of nitrogens with zero attached hydrogens (tertiary/aromatic N) is 2. The molecular formula is C15H19F2N3O2. The number of amides is 2. The Morgan fingerprint density at radius 2 is 1.95 bits per heavy atom. The Balaban J connectivity index is 1.89. The lowest BCUT2D eigenvalue weighted by atomic mass is 10.3. The minimum Gasteiger partial charge on any atom is -0.342 e. The maximum atomic E-state index is 13.5. The van der Waals surface area contributed by atoms with Gasteiger partial charge >= 0.3 is 0 Å². The molecule has 1 fully saturated rings. The fraction of sp³-hybridized carbons (Fsp3) is 0.467. The van der Waals surface area contributed by atoms with Crippen LogP contribution in [0, 0.1) is 11.6 Å². The smallest absolute Gasteiger partial charge is 0.238 e. The second kappa shape index (κ2) is 7.31. The van der Waals surface area contributed by atoms with Gasteiger partial charge < -0.3 is 10.2 Å². The van der Waals surface area contributed by atoms with Crippen LogP contribution in [0.25, 0.3) is 0 Å². The van der Waals surface area contributed by atoms with Crippen LogP contribution in [0.5, 0.6) is 0 Å². The van der Waals surface area contributed by atoms with Crippen LogP contribution in [0.1, 0.15) is 13.3 Å². The number of anilines is 1. The largest absolute Gasteiger partial charge is 0.342 e. The minimum absolute atomic E-state index is 0.0214. The first-order valence-electron chi connectivity index (χ1n) is 7.18. The average Bonchev–Trinajstić information content (AvgIpc) is 2.68. The third kappa shape index (κ3) is 4.49. The van der Waals surface area contributed by atoms with Crippen molar-refractivity contribution in [2.45, 2.75) is 13.3 Å². The SMILES string of the molecule is CC(=O)N1CCCN(CC(=O)Nc2cc(F)ccc2F)CC1. The predicted octanol–water partition coefficient (Wildman–Crippen LogP) is 1.46. The molecule has 7 heteroatoms. The highest BCUT2D eigenvalue weighted by molar-refractivity contribution is 5.92. The lowest BCUT2D eigenvalue weighted by Gasteiger charge is -2.20. The highest BCUT2D eigenvalue weighted by Crippen LogP contribution is 2.15. The second-order valence-corrected chi connectivity index (χ2v) is 5.31. The number of hydrogen-bond donors (Lipinski definition) is 1. The Labute approximate surface area is 127 Å². The lowest BCUT2D eigenvalue weighted by molar-refractivity contribution is -0.128. The molecule has 0 unspecified atom stereocenters. The van der Waals surface area contributed by atoms with Gasteiger partial charge in [-0.05, 0) is 18.6 Å². The fourth-order valence-electron chi connectivity index (χ4n) is 2.43. The van der Waals surface area contributed by atoms with Crippen LogP contribution < -0.4 is 5.32 Å².